The standard InChI is InChI=1S/C12H13N3O2S3/c1-3-18-11-13-14-12(20-11)19-7-9-5-4-6-10(8(9)2)15(16)17/h4-6H,3,7H2,1-2H3. The summed E-state index contributed by atoms with van der Waals surface area (Å²) >= 11 is 4.80. The van der Waals surface area contributed by atoms with Gasteiger partial charge in [-0.25, -0.2) is 0 Å². The number of nitrogens with zero attached hydrogens (tertiary/aromatic N) is 3. The zero-order chi connectivity index (χ0) is 14.5. The molecular formula is C12H13N3O2S3. The van der Waals surface area contributed by atoms with Crippen molar-refractivity contribution in [3.63, 3.8) is 0 Å². The number of nitro benzene ring substituents is 1. The summed E-state index contributed by atoms with van der Waals surface area (Å²) in [5, 5.41) is 19.1. The molecule has 0 aliphatic carbocycles. The van der Waals surface area contributed by atoms with Crippen LogP contribution < -0.4 is 0 Å². The molecular weight excluding hydrogens is 314 g/mol. The molecule has 5 nitrogen and oxygen atoms in total. The van der Waals surface area contributed by atoms with Crippen LogP contribution >= 0.6 is 34.9 Å². The predicted molar refractivity (Wildman–Crippen MR) is 83.7 cm³/mol. The lowest BCUT2D eigenvalue weighted by Crippen LogP contribution is -1.95. The Labute approximate surface area is 129 Å². The van der Waals surface area contributed by atoms with Gasteiger partial charge in [0.2, 0.25) is 0 Å². The quantitative estimate of drug-likeness (QED) is 0.451. The Kier molecular flexibility index (Phi) is 5.38. The second kappa shape index (κ2) is 7.05. The van der Waals surface area contributed by atoms with E-state index in [2.05, 4.69) is 17.1 Å². The largest absolute Gasteiger partial charge is 0.272 e. The van der Waals surface area contributed by atoms with Crippen LogP contribution in [0.5, 0.6) is 0 Å². The minimum Gasteiger partial charge on any atom is -0.258 e. The molecule has 8 heteroatoms. The molecule has 0 aliphatic rings. The van der Waals surface area contributed by atoms with Crippen molar-refractivity contribution in [2.24, 2.45) is 0 Å². The number of rotatable bonds is 6. The normalized spacial score (nSPS) is 10.7. The van der Waals surface area contributed by atoms with E-state index >= 15 is 0 Å². The second-order valence-corrected chi connectivity index (χ2v) is 7.59. The molecule has 0 unspecified atom stereocenters. The maximum absolute atomic E-state index is 10.9. The molecule has 0 saturated carbocycles. The fourth-order valence-corrected chi connectivity index (χ4v) is 4.58. The summed E-state index contributed by atoms with van der Waals surface area (Å²) in [6.45, 7) is 3.86. The zero-order valence-electron chi connectivity index (χ0n) is 11.0. The number of benzene rings is 1. The second-order valence-electron chi connectivity index (χ2n) is 3.87. The predicted octanol–water partition coefficient (Wildman–Crippen LogP) is 4.16. The highest BCUT2D eigenvalue weighted by Crippen LogP contribution is 2.32. The Morgan fingerprint density at radius 1 is 1.30 bits per heavy atom. The van der Waals surface area contributed by atoms with E-state index in [1.165, 1.54) is 6.07 Å². The lowest BCUT2D eigenvalue weighted by Gasteiger charge is -2.04. The van der Waals surface area contributed by atoms with Gasteiger partial charge in [0.25, 0.3) is 5.69 Å². The topological polar surface area (TPSA) is 68.9 Å². The van der Waals surface area contributed by atoms with Crippen molar-refractivity contribution >= 4 is 40.5 Å². The van der Waals surface area contributed by atoms with Gasteiger partial charge in [-0.1, -0.05) is 53.9 Å². The van der Waals surface area contributed by atoms with Gasteiger partial charge in [-0.2, -0.15) is 0 Å². The van der Waals surface area contributed by atoms with E-state index in [9.17, 15) is 10.1 Å². The monoisotopic (exact) mass is 327 g/mol. The first-order valence-electron chi connectivity index (χ1n) is 5.93. The van der Waals surface area contributed by atoms with Crippen LogP contribution in [0.25, 0.3) is 0 Å². The van der Waals surface area contributed by atoms with Gasteiger partial charge in [0, 0.05) is 17.4 Å². The fourth-order valence-electron chi connectivity index (χ4n) is 1.60. The maximum atomic E-state index is 10.9. The number of aromatic nitrogens is 2. The van der Waals surface area contributed by atoms with E-state index in [1.807, 2.05) is 6.07 Å². The Morgan fingerprint density at radius 2 is 2.00 bits per heavy atom. The van der Waals surface area contributed by atoms with Crippen LogP contribution in [0, 0.1) is 17.0 Å². The Bertz CT molecular complexity index is 616. The van der Waals surface area contributed by atoms with E-state index in [4.69, 9.17) is 0 Å². The van der Waals surface area contributed by atoms with Crippen LogP contribution in [0.3, 0.4) is 0 Å². The first-order valence-corrected chi connectivity index (χ1v) is 8.72. The number of nitro groups is 1. The fraction of sp³-hybridized carbons (Fsp3) is 0.333. The molecule has 2 aromatic rings. The Morgan fingerprint density at radius 3 is 2.65 bits per heavy atom. The summed E-state index contributed by atoms with van der Waals surface area (Å²) in [7, 11) is 0. The highest BCUT2D eigenvalue weighted by molar-refractivity contribution is 8.02. The highest BCUT2D eigenvalue weighted by atomic mass is 32.2. The smallest absolute Gasteiger partial charge is 0.258 e. The van der Waals surface area contributed by atoms with Gasteiger partial charge >= 0.3 is 0 Å². The number of thioether (sulfide) groups is 2. The third kappa shape index (κ3) is 3.71. The molecule has 0 N–H and O–H groups in total. The van der Waals surface area contributed by atoms with Gasteiger partial charge < -0.3 is 0 Å². The number of hydrogen-bond donors (Lipinski definition) is 0. The van der Waals surface area contributed by atoms with Crippen LogP contribution in [0.1, 0.15) is 18.1 Å². The first-order chi connectivity index (χ1) is 9.61. The molecule has 0 spiro atoms. The van der Waals surface area contributed by atoms with Gasteiger partial charge in [0.15, 0.2) is 8.68 Å². The van der Waals surface area contributed by atoms with E-state index in [1.54, 1.807) is 47.9 Å². The molecule has 1 heterocycles. The molecule has 106 valence electrons. The minimum absolute atomic E-state index is 0.169. The van der Waals surface area contributed by atoms with E-state index in [-0.39, 0.29) is 10.6 Å². The van der Waals surface area contributed by atoms with Crippen molar-refractivity contribution in [3.05, 3.63) is 39.4 Å². The van der Waals surface area contributed by atoms with Crippen molar-refractivity contribution < 1.29 is 4.92 Å². The van der Waals surface area contributed by atoms with Crippen LogP contribution in [-0.2, 0) is 5.75 Å². The van der Waals surface area contributed by atoms with E-state index in [0.717, 1.165) is 25.6 Å². The average Bonchev–Trinajstić information content (AvgIpc) is 2.85. The molecule has 0 bridgehead atoms. The molecule has 0 aliphatic heterocycles. The van der Waals surface area contributed by atoms with Crippen molar-refractivity contribution in [1.29, 1.82) is 0 Å². The molecule has 20 heavy (non-hydrogen) atoms. The summed E-state index contributed by atoms with van der Waals surface area (Å²) in [6.07, 6.45) is 0. The van der Waals surface area contributed by atoms with Gasteiger partial charge in [0.05, 0.1) is 4.92 Å². The summed E-state index contributed by atoms with van der Waals surface area (Å²) in [4.78, 5) is 10.6. The molecule has 0 radical (unpaired) electrons. The van der Waals surface area contributed by atoms with Gasteiger partial charge in [-0.05, 0) is 18.2 Å². The third-order valence-corrected chi connectivity index (χ3v) is 5.74. The van der Waals surface area contributed by atoms with Crippen molar-refractivity contribution in [1.82, 2.24) is 10.2 Å². The van der Waals surface area contributed by atoms with E-state index in [0.29, 0.717) is 5.75 Å². The lowest BCUT2D eigenvalue weighted by atomic mass is 10.1. The van der Waals surface area contributed by atoms with Crippen LogP contribution in [-0.4, -0.2) is 20.9 Å². The summed E-state index contributed by atoms with van der Waals surface area (Å²) in [5.74, 6) is 1.64. The van der Waals surface area contributed by atoms with Gasteiger partial charge in [0.1, 0.15) is 0 Å². The Hall–Kier alpha value is -1.12. The molecule has 1 aromatic heterocycles. The van der Waals surface area contributed by atoms with E-state index < -0.39 is 0 Å². The van der Waals surface area contributed by atoms with Gasteiger partial charge in [-0.15, -0.1) is 10.2 Å². The maximum Gasteiger partial charge on any atom is 0.272 e. The Balaban J connectivity index is 2.06. The average molecular weight is 327 g/mol. The van der Waals surface area contributed by atoms with Crippen LogP contribution in [0.4, 0.5) is 5.69 Å². The highest BCUT2D eigenvalue weighted by Gasteiger charge is 2.14. The minimum atomic E-state index is -0.343. The van der Waals surface area contributed by atoms with Crippen LogP contribution in [0.15, 0.2) is 26.9 Å². The third-order valence-electron chi connectivity index (χ3n) is 2.62. The zero-order valence-corrected chi connectivity index (χ0v) is 13.5. The molecule has 1 aromatic carbocycles. The van der Waals surface area contributed by atoms with Crippen molar-refractivity contribution in [2.75, 3.05) is 5.75 Å². The lowest BCUT2D eigenvalue weighted by molar-refractivity contribution is -0.385. The SMILES string of the molecule is CCSc1nnc(SCc2cccc([N+](=O)[O-])c2C)s1. The number of hydrogen-bond acceptors (Lipinski definition) is 7. The van der Waals surface area contributed by atoms with Crippen molar-refractivity contribution in [2.45, 2.75) is 28.3 Å². The molecule has 0 fully saturated rings. The summed E-state index contributed by atoms with van der Waals surface area (Å²) in [5.41, 5.74) is 1.85. The first kappa shape index (κ1) is 15.3. The van der Waals surface area contributed by atoms with Gasteiger partial charge in [-0.3, -0.25) is 10.1 Å². The van der Waals surface area contributed by atoms with Crippen LogP contribution in [0.2, 0.25) is 0 Å². The van der Waals surface area contributed by atoms with Crippen molar-refractivity contribution in [3.8, 4) is 0 Å². The molecule has 0 saturated heterocycles. The summed E-state index contributed by atoms with van der Waals surface area (Å²) < 4.78 is 1.86. The molecule has 2 rings (SSSR count). The molecule has 0 atom stereocenters. The molecule has 0 amide bonds. The summed E-state index contributed by atoms with van der Waals surface area (Å²) in [6, 6.07) is 5.17.